The molecule has 0 saturated carbocycles. The number of aliphatic carboxylic acids is 1. The smallest absolute Gasteiger partial charge is 0.306 e. The predicted molar refractivity (Wildman–Crippen MR) is 65.4 cm³/mol. The second kappa shape index (κ2) is 7.04. The van der Waals surface area contributed by atoms with Crippen LogP contribution in [0.25, 0.3) is 0 Å². The van der Waals surface area contributed by atoms with Crippen molar-refractivity contribution in [2.75, 3.05) is 0 Å². The number of hydrogen-bond acceptors (Lipinski definition) is 1. The first-order chi connectivity index (χ1) is 7.74. The minimum atomic E-state index is -0.651. The van der Waals surface area contributed by atoms with Crippen molar-refractivity contribution in [1.29, 1.82) is 0 Å². The molecule has 2 heteroatoms. The zero-order valence-electron chi connectivity index (χ0n) is 9.86. The number of aryl methyl sites for hydroxylation is 1. The molecule has 0 saturated heterocycles. The van der Waals surface area contributed by atoms with E-state index in [0.717, 1.165) is 32.1 Å². The number of carbonyl (C=O) groups is 1. The predicted octanol–water partition coefficient (Wildman–Crippen LogP) is 3.51. The zero-order chi connectivity index (χ0) is 11.8. The van der Waals surface area contributed by atoms with Crippen molar-refractivity contribution in [2.45, 2.75) is 39.0 Å². The number of rotatable bonds is 7. The first-order valence-corrected chi connectivity index (χ1v) is 6.00. The molecule has 1 unspecified atom stereocenters. The summed E-state index contributed by atoms with van der Waals surface area (Å²) in [5.41, 5.74) is 1.34. The molecular formula is C14H20O2. The Labute approximate surface area is 97.3 Å². The van der Waals surface area contributed by atoms with E-state index in [4.69, 9.17) is 5.11 Å². The van der Waals surface area contributed by atoms with Gasteiger partial charge >= 0.3 is 5.97 Å². The van der Waals surface area contributed by atoms with Gasteiger partial charge in [0.15, 0.2) is 0 Å². The normalized spacial score (nSPS) is 12.3. The van der Waals surface area contributed by atoms with Crippen LogP contribution in [-0.4, -0.2) is 11.1 Å². The van der Waals surface area contributed by atoms with Crippen LogP contribution in [0, 0.1) is 5.92 Å². The fourth-order valence-electron chi connectivity index (χ4n) is 1.87. The van der Waals surface area contributed by atoms with Crippen LogP contribution in [0.5, 0.6) is 0 Å². The maximum atomic E-state index is 10.8. The van der Waals surface area contributed by atoms with Gasteiger partial charge < -0.3 is 5.11 Å². The third-order valence-electron chi connectivity index (χ3n) is 2.95. The molecule has 0 bridgehead atoms. The SMILES string of the molecule is CCC(CCCCc1ccccc1)C(=O)O. The second-order valence-electron chi connectivity index (χ2n) is 4.17. The topological polar surface area (TPSA) is 37.3 Å². The van der Waals surface area contributed by atoms with Crippen molar-refractivity contribution in [3.05, 3.63) is 35.9 Å². The highest BCUT2D eigenvalue weighted by Gasteiger charge is 2.13. The van der Waals surface area contributed by atoms with E-state index >= 15 is 0 Å². The highest BCUT2D eigenvalue weighted by molar-refractivity contribution is 5.69. The number of benzene rings is 1. The summed E-state index contributed by atoms with van der Waals surface area (Å²) >= 11 is 0. The van der Waals surface area contributed by atoms with Crippen LogP contribution in [-0.2, 0) is 11.2 Å². The molecule has 0 amide bonds. The van der Waals surface area contributed by atoms with Gasteiger partial charge in [0.05, 0.1) is 5.92 Å². The molecule has 2 nitrogen and oxygen atoms in total. The lowest BCUT2D eigenvalue weighted by Crippen LogP contribution is -2.12. The highest BCUT2D eigenvalue weighted by Crippen LogP contribution is 2.14. The maximum Gasteiger partial charge on any atom is 0.306 e. The van der Waals surface area contributed by atoms with Crippen LogP contribution >= 0.6 is 0 Å². The molecule has 0 aliphatic carbocycles. The number of carboxylic acids is 1. The molecule has 0 heterocycles. The molecule has 0 spiro atoms. The minimum Gasteiger partial charge on any atom is -0.481 e. The fraction of sp³-hybridized carbons (Fsp3) is 0.500. The quantitative estimate of drug-likeness (QED) is 0.714. The lowest BCUT2D eigenvalue weighted by atomic mass is 9.98. The second-order valence-corrected chi connectivity index (χ2v) is 4.17. The zero-order valence-corrected chi connectivity index (χ0v) is 9.86. The minimum absolute atomic E-state index is 0.157. The molecular weight excluding hydrogens is 200 g/mol. The van der Waals surface area contributed by atoms with Crippen molar-refractivity contribution in [3.8, 4) is 0 Å². The number of unbranched alkanes of at least 4 members (excludes halogenated alkanes) is 1. The standard InChI is InChI=1S/C14H20O2/c1-2-13(14(15)16)11-7-6-10-12-8-4-3-5-9-12/h3-5,8-9,13H,2,6-7,10-11H2,1H3,(H,15,16). The molecule has 16 heavy (non-hydrogen) atoms. The molecule has 1 rings (SSSR count). The van der Waals surface area contributed by atoms with Crippen LogP contribution in [0.1, 0.15) is 38.2 Å². The van der Waals surface area contributed by atoms with Gasteiger partial charge in [0.1, 0.15) is 0 Å². The summed E-state index contributed by atoms with van der Waals surface area (Å²) in [6.07, 6.45) is 4.67. The van der Waals surface area contributed by atoms with E-state index in [1.807, 2.05) is 25.1 Å². The van der Waals surface area contributed by atoms with E-state index in [1.54, 1.807) is 0 Å². The molecule has 1 aromatic rings. The van der Waals surface area contributed by atoms with Gasteiger partial charge in [-0.15, -0.1) is 0 Å². The summed E-state index contributed by atoms with van der Waals surface area (Å²) in [5, 5.41) is 8.89. The third kappa shape index (κ3) is 4.47. The first kappa shape index (κ1) is 12.8. The van der Waals surface area contributed by atoms with Gasteiger partial charge in [0.2, 0.25) is 0 Å². The summed E-state index contributed by atoms with van der Waals surface area (Å²) in [6, 6.07) is 10.3. The molecule has 0 radical (unpaired) electrons. The Morgan fingerprint density at radius 2 is 1.94 bits per heavy atom. The lowest BCUT2D eigenvalue weighted by molar-refractivity contribution is -0.142. The Morgan fingerprint density at radius 3 is 2.50 bits per heavy atom. The van der Waals surface area contributed by atoms with Crippen LogP contribution in [0.2, 0.25) is 0 Å². The summed E-state index contributed by atoms with van der Waals surface area (Å²) in [4.78, 5) is 10.8. The molecule has 1 N–H and O–H groups in total. The van der Waals surface area contributed by atoms with Gasteiger partial charge in [0.25, 0.3) is 0 Å². The third-order valence-corrected chi connectivity index (χ3v) is 2.95. The Morgan fingerprint density at radius 1 is 1.25 bits per heavy atom. The fourth-order valence-corrected chi connectivity index (χ4v) is 1.87. The van der Waals surface area contributed by atoms with E-state index in [9.17, 15) is 4.79 Å². The largest absolute Gasteiger partial charge is 0.481 e. The highest BCUT2D eigenvalue weighted by atomic mass is 16.4. The Balaban J connectivity index is 2.19. The van der Waals surface area contributed by atoms with Crippen LogP contribution in [0.15, 0.2) is 30.3 Å². The Kier molecular flexibility index (Phi) is 5.62. The summed E-state index contributed by atoms with van der Waals surface area (Å²) in [6.45, 7) is 1.94. The monoisotopic (exact) mass is 220 g/mol. The average Bonchev–Trinajstić information content (AvgIpc) is 2.30. The van der Waals surface area contributed by atoms with Crippen molar-refractivity contribution >= 4 is 5.97 Å². The first-order valence-electron chi connectivity index (χ1n) is 6.00. The van der Waals surface area contributed by atoms with E-state index in [-0.39, 0.29) is 5.92 Å². The summed E-state index contributed by atoms with van der Waals surface area (Å²) in [5.74, 6) is -0.807. The van der Waals surface area contributed by atoms with Crippen molar-refractivity contribution in [1.82, 2.24) is 0 Å². The number of hydrogen-bond donors (Lipinski definition) is 1. The molecule has 0 fully saturated rings. The molecule has 0 aromatic heterocycles. The molecule has 0 aliphatic heterocycles. The van der Waals surface area contributed by atoms with Gasteiger partial charge in [-0.05, 0) is 31.2 Å². The van der Waals surface area contributed by atoms with Crippen molar-refractivity contribution < 1.29 is 9.90 Å². The van der Waals surface area contributed by atoms with Crippen molar-refractivity contribution in [3.63, 3.8) is 0 Å². The molecule has 0 aliphatic rings. The summed E-state index contributed by atoms with van der Waals surface area (Å²) < 4.78 is 0. The average molecular weight is 220 g/mol. The molecule has 1 atom stereocenters. The van der Waals surface area contributed by atoms with E-state index in [2.05, 4.69) is 12.1 Å². The molecule has 88 valence electrons. The Hall–Kier alpha value is -1.31. The van der Waals surface area contributed by atoms with E-state index in [0.29, 0.717) is 0 Å². The lowest BCUT2D eigenvalue weighted by Gasteiger charge is -2.08. The van der Waals surface area contributed by atoms with Crippen LogP contribution in [0.4, 0.5) is 0 Å². The Bertz CT molecular complexity index is 306. The van der Waals surface area contributed by atoms with Crippen LogP contribution in [0.3, 0.4) is 0 Å². The number of carboxylic acid groups (broad SMARTS) is 1. The van der Waals surface area contributed by atoms with Crippen molar-refractivity contribution in [2.24, 2.45) is 5.92 Å². The van der Waals surface area contributed by atoms with Gasteiger partial charge in [-0.25, -0.2) is 0 Å². The van der Waals surface area contributed by atoms with Gasteiger partial charge in [0, 0.05) is 0 Å². The van der Waals surface area contributed by atoms with Gasteiger partial charge in [-0.2, -0.15) is 0 Å². The maximum absolute atomic E-state index is 10.8. The van der Waals surface area contributed by atoms with E-state index in [1.165, 1.54) is 5.56 Å². The van der Waals surface area contributed by atoms with Gasteiger partial charge in [-0.1, -0.05) is 43.7 Å². The molecule has 1 aromatic carbocycles. The van der Waals surface area contributed by atoms with E-state index < -0.39 is 5.97 Å². The van der Waals surface area contributed by atoms with Crippen LogP contribution < -0.4 is 0 Å². The summed E-state index contributed by atoms with van der Waals surface area (Å²) in [7, 11) is 0. The van der Waals surface area contributed by atoms with Gasteiger partial charge in [-0.3, -0.25) is 4.79 Å².